The van der Waals surface area contributed by atoms with E-state index in [1.54, 1.807) is 0 Å². The van der Waals surface area contributed by atoms with Gasteiger partial charge in [-0.2, -0.15) is 0 Å². The van der Waals surface area contributed by atoms with Gasteiger partial charge in [0, 0.05) is 61.7 Å². The second-order valence-electron chi connectivity index (χ2n) is 10.5. The Hall–Kier alpha value is -2.71. The van der Waals surface area contributed by atoms with Crippen LogP contribution in [0.4, 0.5) is 0 Å². The molecular weight excluding hydrogens is 466 g/mol. The van der Waals surface area contributed by atoms with Gasteiger partial charge in [-0.1, -0.05) is 18.2 Å². The molecular formula is C30H39N3O4. The molecule has 0 aliphatic carbocycles. The number of morpholine rings is 2. The number of nitrogens with zero attached hydrogens (tertiary/aromatic N) is 3. The highest BCUT2D eigenvalue weighted by Gasteiger charge is 2.26. The minimum atomic E-state index is -0.263. The minimum Gasteiger partial charge on any atom is -0.459 e. The van der Waals surface area contributed by atoms with Crippen LogP contribution in [0.2, 0.25) is 0 Å². The average molecular weight is 506 g/mol. The molecule has 0 bridgehead atoms. The summed E-state index contributed by atoms with van der Waals surface area (Å²) in [7, 11) is 0. The van der Waals surface area contributed by atoms with Gasteiger partial charge < -0.3 is 18.6 Å². The number of ether oxygens (including phenoxy) is 3. The molecule has 0 saturated carbocycles. The molecule has 1 atom stereocenters. The van der Waals surface area contributed by atoms with Crippen molar-refractivity contribution in [2.24, 2.45) is 0 Å². The fourth-order valence-electron chi connectivity index (χ4n) is 5.54. The molecule has 4 heterocycles. The quantitative estimate of drug-likeness (QED) is 0.434. The van der Waals surface area contributed by atoms with Gasteiger partial charge >= 0.3 is 5.97 Å². The lowest BCUT2D eigenvalue weighted by Crippen LogP contribution is -2.39. The average Bonchev–Trinajstić information content (AvgIpc) is 3.33. The summed E-state index contributed by atoms with van der Waals surface area (Å²) >= 11 is 0. The SMILES string of the molecule is Cc1c(C(=O)OC(C)C)cc2cc(-c3cccc(CN4CCOCC4)c3)cn2c1C(C)N1CCOCC1. The number of hydrogen-bond donors (Lipinski definition) is 0. The lowest BCUT2D eigenvalue weighted by Gasteiger charge is -2.34. The van der Waals surface area contributed by atoms with E-state index < -0.39 is 0 Å². The van der Waals surface area contributed by atoms with Crippen molar-refractivity contribution >= 4 is 11.5 Å². The minimum absolute atomic E-state index is 0.131. The Morgan fingerprint density at radius 3 is 2.35 bits per heavy atom. The number of hydrogen-bond acceptors (Lipinski definition) is 6. The number of carbonyl (C=O) groups is 1. The van der Waals surface area contributed by atoms with E-state index in [-0.39, 0.29) is 18.1 Å². The Labute approximate surface area is 219 Å². The van der Waals surface area contributed by atoms with Crippen molar-refractivity contribution in [2.45, 2.75) is 46.4 Å². The monoisotopic (exact) mass is 505 g/mol. The van der Waals surface area contributed by atoms with Crippen LogP contribution in [-0.2, 0) is 20.8 Å². The van der Waals surface area contributed by atoms with Crippen molar-refractivity contribution in [3.63, 3.8) is 0 Å². The van der Waals surface area contributed by atoms with E-state index in [1.807, 2.05) is 26.8 Å². The van der Waals surface area contributed by atoms with E-state index in [1.165, 1.54) is 11.1 Å². The summed E-state index contributed by atoms with van der Waals surface area (Å²) in [5.41, 5.74) is 7.38. The molecule has 2 fully saturated rings. The summed E-state index contributed by atoms with van der Waals surface area (Å²) in [6.45, 7) is 15.7. The van der Waals surface area contributed by atoms with Crippen molar-refractivity contribution in [3.8, 4) is 11.1 Å². The van der Waals surface area contributed by atoms with Crippen molar-refractivity contribution in [2.75, 3.05) is 52.6 Å². The van der Waals surface area contributed by atoms with Gasteiger partial charge in [0.2, 0.25) is 0 Å². The van der Waals surface area contributed by atoms with Crippen LogP contribution < -0.4 is 0 Å². The molecule has 2 aliphatic heterocycles. The number of esters is 1. The molecule has 7 nitrogen and oxygen atoms in total. The predicted octanol–water partition coefficient (Wildman–Crippen LogP) is 4.71. The zero-order valence-electron chi connectivity index (χ0n) is 22.5. The summed E-state index contributed by atoms with van der Waals surface area (Å²) in [6, 6.07) is 13.1. The molecule has 1 unspecified atom stereocenters. The third-order valence-electron chi connectivity index (χ3n) is 7.51. The first-order valence-corrected chi connectivity index (χ1v) is 13.5. The summed E-state index contributed by atoms with van der Waals surface area (Å²) in [5, 5.41) is 0. The molecule has 0 radical (unpaired) electrons. The number of benzene rings is 1. The van der Waals surface area contributed by atoms with Gasteiger partial charge in [0.25, 0.3) is 0 Å². The van der Waals surface area contributed by atoms with Crippen LogP contribution in [0.15, 0.2) is 42.6 Å². The summed E-state index contributed by atoms with van der Waals surface area (Å²) in [6.07, 6.45) is 2.06. The van der Waals surface area contributed by atoms with E-state index in [4.69, 9.17) is 14.2 Å². The van der Waals surface area contributed by atoms with Crippen LogP contribution in [0.5, 0.6) is 0 Å². The maximum absolute atomic E-state index is 13.1. The predicted molar refractivity (Wildman–Crippen MR) is 145 cm³/mol. The Morgan fingerprint density at radius 1 is 0.946 bits per heavy atom. The Bertz CT molecular complexity index is 1240. The van der Waals surface area contributed by atoms with E-state index in [2.05, 4.69) is 57.7 Å². The molecule has 2 aliphatic rings. The molecule has 2 saturated heterocycles. The Morgan fingerprint density at radius 2 is 1.65 bits per heavy atom. The second-order valence-corrected chi connectivity index (χ2v) is 10.5. The molecule has 198 valence electrons. The summed E-state index contributed by atoms with van der Waals surface area (Å²) < 4.78 is 19.0. The second kappa shape index (κ2) is 11.4. The van der Waals surface area contributed by atoms with Gasteiger partial charge in [0.1, 0.15) is 0 Å². The zero-order valence-corrected chi connectivity index (χ0v) is 22.5. The lowest BCUT2D eigenvalue weighted by atomic mass is 10.0. The molecule has 0 spiro atoms. The van der Waals surface area contributed by atoms with Crippen LogP contribution in [-0.4, -0.2) is 78.9 Å². The first kappa shape index (κ1) is 25.9. The first-order chi connectivity index (χ1) is 17.9. The number of rotatable bonds is 7. The summed E-state index contributed by atoms with van der Waals surface area (Å²) in [4.78, 5) is 18.0. The zero-order chi connectivity index (χ0) is 25.9. The molecule has 7 heteroatoms. The maximum atomic E-state index is 13.1. The van der Waals surface area contributed by atoms with Crippen molar-refractivity contribution in [1.29, 1.82) is 0 Å². The molecule has 0 amide bonds. The lowest BCUT2D eigenvalue weighted by molar-refractivity contribution is 0.0186. The van der Waals surface area contributed by atoms with E-state index in [0.29, 0.717) is 5.56 Å². The van der Waals surface area contributed by atoms with Crippen molar-refractivity contribution in [1.82, 2.24) is 14.2 Å². The highest BCUT2D eigenvalue weighted by molar-refractivity contribution is 5.93. The number of pyridine rings is 1. The number of fused-ring (bicyclic) bond motifs is 1. The highest BCUT2D eigenvalue weighted by Crippen LogP contribution is 2.33. The Balaban J connectivity index is 1.55. The molecule has 1 aromatic carbocycles. The third kappa shape index (κ3) is 5.75. The third-order valence-corrected chi connectivity index (χ3v) is 7.51. The van der Waals surface area contributed by atoms with Gasteiger partial charge in [0.05, 0.1) is 38.1 Å². The van der Waals surface area contributed by atoms with Crippen molar-refractivity contribution < 1.29 is 19.0 Å². The molecule has 2 aromatic heterocycles. The van der Waals surface area contributed by atoms with Crippen LogP contribution in [0, 0.1) is 6.92 Å². The number of carbonyl (C=O) groups excluding carboxylic acids is 1. The van der Waals surface area contributed by atoms with Crippen LogP contribution in [0.3, 0.4) is 0 Å². The molecule has 0 N–H and O–H groups in total. The van der Waals surface area contributed by atoms with Gasteiger partial charge in [-0.25, -0.2) is 4.79 Å². The highest BCUT2D eigenvalue weighted by atomic mass is 16.5. The van der Waals surface area contributed by atoms with E-state index in [9.17, 15) is 4.79 Å². The van der Waals surface area contributed by atoms with Crippen molar-refractivity contribution in [3.05, 3.63) is 65.0 Å². The van der Waals surface area contributed by atoms with Gasteiger partial charge in [0.15, 0.2) is 0 Å². The van der Waals surface area contributed by atoms with Gasteiger partial charge in [-0.3, -0.25) is 9.80 Å². The smallest absolute Gasteiger partial charge is 0.338 e. The maximum Gasteiger partial charge on any atom is 0.338 e. The van der Waals surface area contributed by atoms with Crippen LogP contribution >= 0.6 is 0 Å². The number of aromatic nitrogens is 1. The Kier molecular flexibility index (Phi) is 7.95. The van der Waals surface area contributed by atoms with E-state index >= 15 is 0 Å². The fourth-order valence-corrected chi connectivity index (χ4v) is 5.54. The summed E-state index contributed by atoms with van der Waals surface area (Å²) in [5.74, 6) is -0.263. The van der Waals surface area contributed by atoms with Crippen LogP contribution in [0.25, 0.3) is 16.6 Å². The van der Waals surface area contributed by atoms with E-state index in [0.717, 1.165) is 81.5 Å². The van der Waals surface area contributed by atoms with Crippen LogP contribution in [0.1, 0.15) is 54.0 Å². The molecule has 3 aromatic rings. The molecule has 37 heavy (non-hydrogen) atoms. The van der Waals surface area contributed by atoms with Gasteiger partial charge in [-0.05, 0) is 62.6 Å². The molecule has 5 rings (SSSR count). The largest absolute Gasteiger partial charge is 0.459 e. The van der Waals surface area contributed by atoms with Gasteiger partial charge in [-0.15, -0.1) is 0 Å². The topological polar surface area (TPSA) is 55.6 Å². The first-order valence-electron chi connectivity index (χ1n) is 13.5. The fraction of sp³-hybridized carbons (Fsp3) is 0.500. The normalized spacial score (nSPS) is 18.4. The standard InChI is InChI=1S/C30H39N3O4/c1-21(2)37-30(34)28-18-27-17-26(25-7-5-6-24(16-25)19-31-8-12-35-13-9-31)20-33(27)29(22(28)3)23(4)32-10-14-36-15-11-32/h5-7,16-18,20-21,23H,8-15,19H2,1-4H3.